The van der Waals surface area contributed by atoms with Gasteiger partial charge in [-0.15, -0.1) is 0 Å². The Hall–Kier alpha value is -3.55. The lowest BCUT2D eigenvalue weighted by Crippen LogP contribution is -2.25. The molecule has 5 heteroatoms. The highest BCUT2D eigenvalue weighted by Gasteiger charge is 2.08. The summed E-state index contributed by atoms with van der Waals surface area (Å²) >= 11 is 6.09. The van der Waals surface area contributed by atoms with E-state index in [-0.39, 0.29) is 5.91 Å². The van der Waals surface area contributed by atoms with Gasteiger partial charge in [-0.25, -0.2) is 0 Å². The molecular weight excluding hydrogens is 394 g/mol. The van der Waals surface area contributed by atoms with Gasteiger partial charge in [-0.2, -0.15) is 5.26 Å². The predicted octanol–water partition coefficient (Wildman–Crippen LogP) is 5.26. The molecule has 1 aromatic heterocycles. The number of aromatic amines is 1. The maximum absolute atomic E-state index is 12.5. The summed E-state index contributed by atoms with van der Waals surface area (Å²) in [6, 6.07) is 23.1. The van der Waals surface area contributed by atoms with Crippen LogP contribution in [0.5, 0.6) is 0 Å². The number of nitriles is 1. The molecule has 0 saturated carbocycles. The fraction of sp³-hybridized carbons (Fsp3) is 0.120. The van der Waals surface area contributed by atoms with Gasteiger partial charge in [0.2, 0.25) is 0 Å². The molecule has 0 atom stereocenters. The van der Waals surface area contributed by atoms with E-state index in [9.17, 15) is 4.79 Å². The predicted molar refractivity (Wildman–Crippen MR) is 120 cm³/mol. The monoisotopic (exact) mass is 413 g/mol. The number of rotatable bonds is 6. The molecule has 0 aliphatic heterocycles. The number of H-pyrrole nitrogens is 1. The van der Waals surface area contributed by atoms with E-state index in [1.807, 2.05) is 72.9 Å². The Morgan fingerprint density at radius 3 is 2.40 bits per heavy atom. The van der Waals surface area contributed by atoms with Crippen molar-refractivity contribution in [3.05, 3.63) is 106 Å². The van der Waals surface area contributed by atoms with Gasteiger partial charge in [0, 0.05) is 34.2 Å². The molecule has 0 radical (unpaired) electrons. The number of hydrogen-bond acceptors (Lipinski definition) is 2. The minimum Gasteiger partial charge on any atom is -0.361 e. The Morgan fingerprint density at radius 1 is 1.00 bits per heavy atom. The van der Waals surface area contributed by atoms with Gasteiger partial charge in [0.1, 0.15) is 0 Å². The van der Waals surface area contributed by atoms with Gasteiger partial charge < -0.3 is 10.3 Å². The van der Waals surface area contributed by atoms with Crippen molar-refractivity contribution >= 4 is 28.4 Å². The first-order chi connectivity index (χ1) is 14.6. The van der Waals surface area contributed by atoms with Crippen molar-refractivity contribution in [3.8, 4) is 6.07 Å². The van der Waals surface area contributed by atoms with Gasteiger partial charge in [0.25, 0.3) is 5.91 Å². The Kier molecular flexibility index (Phi) is 5.83. The lowest BCUT2D eigenvalue weighted by molar-refractivity contribution is 0.0954. The number of nitrogens with zero attached hydrogens (tertiary/aromatic N) is 1. The number of carbonyl (C=O) groups is 1. The topological polar surface area (TPSA) is 68.7 Å². The fourth-order valence-electron chi connectivity index (χ4n) is 3.48. The Balaban J connectivity index is 1.33. The second-order valence-electron chi connectivity index (χ2n) is 7.19. The number of benzene rings is 3. The first-order valence-corrected chi connectivity index (χ1v) is 10.1. The molecule has 0 aliphatic rings. The van der Waals surface area contributed by atoms with Crippen LogP contribution in [-0.2, 0) is 12.8 Å². The highest BCUT2D eigenvalue weighted by atomic mass is 35.5. The van der Waals surface area contributed by atoms with Gasteiger partial charge in [-0.1, -0.05) is 35.9 Å². The van der Waals surface area contributed by atoms with E-state index < -0.39 is 0 Å². The van der Waals surface area contributed by atoms with Crippen molar-refractivity contribution in [2.45, 2.75) is 12.8 Å². The van der Waals surface area contributed by atoms with Gasteiger partial charge in [-0.05, 0) is 72.0 Å². The second-order valence-corrected chi connectivity index (χ2v) is 7.63. The summed E-state index contributed by atoms with van der Waals surface area (Å²) in [7, 11) is 0. The Bertz CT molecular complexity index is 1220. The summed E-state index contributed by atoms with van der Waals surface area (Å²) in [5, 5.41) is 13.7. The highest BCUT2D eigenvalue weighted by Crippen LogP contribution is 2.22. The molecule has 0 spiro atoms. The number of halogens is 1. The van der Waals surface area contributed by atoms with Crippen molar-refractivity contribution in [1.29, 1.82) is 5.26 Å². The zero-order valence-corrected chi connectivity index (χ0v) is 17.0. The van der Waals surface area contributed by atoms with Gasteiger partial charge >= 0.3 is 0 Å². The van der Waals surface area contributed by atoms with Crippen LogP contribution in [-0.4, -0.2) is 17.4 Å². The smallest absolute Gasteiger partial charge is 0.251 e. The molecule has 2 N–H and O–H groups in total. The minimum atomic E-state index is -0.0854. The second kappa shape index (κ2) is 8.86. The number of aromatic nitrogens is 1. The lowest BCUT2D eigenvalue weighted by atomic mass is 10.0. The number of amides is 1. The molecule has 1 amide bonds. The van der Waals surface area contributed by atoms with Crippen LogP contribution in [0.3, 0.4) is 0 Å². The maximum atomic E-state index is 12.5. The molecule has 0 unspecified atom stereocenters. The van der Waals surface area contributed by atoms with Crippen molar-refractivity contribution in [1.82, 2.24) is 10.3 Å². The van der Waals surface area contributed by atoms with Crippen LogP contribution in [0.2, 0.25) is 5.02 Å². The molecule has 148 valence electrons. The largest absolute Gasteiger partial charge is 0.361 e. The third-order valence-corrected chi connectivity index (χ3v) is 5.35. The van der Waals surface area contributed by atoms with E-state index >= 15 is 0 Å². The van der Waals surface area contributed by atoms with Gasteiger partial charge in [0.15, 0.2) is 0 Å². The van der Waals surface area contributed by atoms with E-state index in [1.54, 1.807) is 0 Å². The van der Waals surface area contributed by atoms with Crippen LogP contribution in [0.4, 0.5) is 0 Å². The summed E-state index contributed by atoms with van der Waals surface area (Å²) in [5.74, 6) is -0.0854. The van der Waals surface area contributed by atoms with Crippen molar-refractivity contribution in [3.63, 3.8) is 0 Å². The standard InChI is InChI=1S/C25H20ClN3O/c26-22-9-10-24-23(14-22)21(16-29-24)11-12-28-25(30)20-7-5-18(6-8-20)13-17-1-3-19(15-27)4-2-17/h1-10,14,16,29H,11-13H2,(H,28,30). The van der Waals surface area contributed by atoms with E-state index in [2.05, 4.69) is 16.4 Å². The molecule has 4 nitrogen and oxygen atoms in total. The van der Waals surface area contributed by atoms with Crippen molar-refractivity contribution in [2.75, 3.05) is 6.54 Å². The van der Waals surface area contributed by atoms with Crippen LogP contribution in [0.15, 0.2) is 72.9 Å². The first kappa shape index (κ1) is 19.8. The molecule has 4 rings (SSSR count). The zero-order valence-electron chi connectivity index (χ0n) is 16.3. The van der Waals surface area contributed by atoms with Crippen LogP contribution >= 0.6 is 11.6 Å². The highest BCUT2D eigenvalue weighted by molar-refractivity contribution is 6.31. The molecular formula is C25H20ClN3O. The third-order valence-electron chi connectivity index (χ3n) is 5.12. The summed E-state index contributed by atoms with van der Waals surface area (Å²) in [5.41, 5.74) is 5.71. The Morgan fingerprint density at radius 2 is 1.70 bits per heavy atom. The molecule has 1 heterocycles. The fourth-order valence-corrected chi connectivity index (χ4v) is 3.65. The van der Waals surface area contributed by atoms with Gasteiger partial charge in [-0.3, -0.25) is 4.79 Å². The zero-order chi connectivity index (χ0) is 20.9. The van der Waals surface area contributed by atoms with E-state index in [0.717, 1.165) is 40.4 Å². The van der Waals surface area contributed by atoms with E-state index in [1.165, 1.54) is 0 Å². The van der Waals surface area contributed by atoms with E-state index in [0.29, 0.717) is 22.7 Å². The summed E-state index contributed by atoms with van der Waals surface area (Å²) in [6.07, 6.45) is 3.45. The normalized spacial score (nSPS) is 10.7. The SMILES string of the molecule is N#Cc1ccc(Cc2ccc(C(=O)NCCc3c[nH]c4ccc(Cl)cc34)cc2)cc1. The van der Waals surface area contributed by atoms with Crippen molar-refractivity contribution in [2.24, 2.45) is 0 Å². The van der Waals surface area contributed by atoms with E-state index in [4.69, 9.17) is 16.9 Å². The average Bonchev–Trinajstić information content (AvgIpc) is 3.17. The first-order valence-electron chi connectivity index (χ1n) is 9.74. The van der Waals surface area contributed by atoms with Crippen LogP contribution < -0.4 is 5.32 Å². The van der Waals surface area contributed by atoms with Crippen molar-refractivity contribution < 1.29 is 4.79 Å². The molecule has 4 aromatic rings. The molecule has 0 saturated heterocycles. The number of nitrogens with one attached hydrogen (secondary N) is 2. The van der Waals surface area contributed by atoms with Crippen LogP contribution in [0.1, 0.15) is 32.6 Å². The number of fused-ring (bicyclic) bond motifs is 1. The summed E-state index contributed by atoms with van der Waals surface area (Å²) in [6.45, 7) is 0.547. The molecule has 0 aliphatic carbocycles. The van der Waals surface area contributed by atoms with Gasteiger partial charge in [0.05, 0.1) is 11.6 Å². The number of hydrogen-bond donors (Lipinski definition) is 2. The summed E-state index contributed by atoms with van der Waals surface area (Å²) in [4.78, 5) is 15.7. The van der Waals surface area contributed by atoms with Crippen LogP contribution in [0, 0.1) is 11.3 Å². The maximum Gasteiger partial charge on any atom is 0.251 e. The average molecular weight is 414 g/mol. The molecule has 0 fully saturated rings. The minimum absolute atomic E-state index is 0.0854. The summed E-state index contributed by atoms with van der Waals surface area (Å²) < 4.78 is 0. The lowest BCUT2D eigenvalue weighted by Gasteiger charge is -2.07. The molecule has 30 heavy (non-hydrogen) atoms. The van der Waals surface area contributed by atoms with Crippen LogP contribution in [0.25, 0.3) is 10.9 Å². The molecule has 0 bridgehead atoms. The Labute approximate surface area is 180 Å². The third kappa shape index (κ3) is 4.53. The number of carbonyl (C=O) groups excluding carboxylic acids is 1. The quantitative estimate of drug-likeness (QED) is 0.453. The molecule has 3 aromatic carbocycles.